The van der Waals surface area contributed by atoms with Crippen molar-refractivity contribution in [3.05, 3.63) is 12.7 Å². The molecule has 0 saturated carbocycles. The van der Waals surface area contributed by atoms with E-state index in [0.29, 0.717) is 0 Å². The molecule has 0 radical (unpaired) electrons. The van der Waals surface area contributed by atoms with Gasteiger partial charge < -0.3 is 5.32 Å². The molecule has 1 rings (SSSR count). The largest absolute Gasteiger partial charge is 0.316 e. The first-order valence-corrected chi connectivity index (χ1v) is 4.48. The first-order valence-electron chi connectivity index (χ1n) is 3.33. The van der Waals surface area contributed by atoms with Crippen LogP contribution in [0.4, 0.5) is 0 Å². The van der Waals surface area contributed by atoms with Gasteiger partial charge in [-0.2, -0.15) is 11.8 Å². The van der Waals surface area contributed by atoms with Crippen LogP contribution in [0.15, 0.2) is 12.7 Å². The quantitative estimate of drug-likeness (QED) is 0.467. The summed E-state index contributed by atoms with van der Waals surface area (Å²) in [5, 5.41) is 3.25. The smallest absolute Gasteiger partial charge is 0.0110 e. The molecule has 1 aliphatic rings. The highest BCUT2D eigenvalue weighted by Gasteiger charge is 2.15. The van der Waals surface area contributed by atoms with Crippen molar-refractivity contribution in [3.63, 3.8) is 0 Å². The van der Waals surface area contributed by atoms with Gasteiger partial charge in [0, 0.05) is 5.75 Å². The van der Waals surface area contributed by atoms with Crippen LogP contribution in [0.1, 0.15) is 0 Å². The summed E-state index contributed by atoms with van der Waals surface area (Å²) in [5.41, 5.74) is 0. The molecule has 1 saturated heterocycles. The second-order valence-corrected chi connectivity index (χ2v) is 3.43. The van der Waals surface area contributed by atoms with Gasteiger partial charge in [0.2, 0.25) is 0 Å². The monoisotopic (exact) mass is 143 g/mol. The van der Waals surface area contributed by atoms with Gasteiger partial charge in [-0.25, -0.2) is 0 Å². The summed E-state index contributed by atoms with van der Waals surface area (Å²) in [6, 6.07) is 0. The van der Waals surface area contributed by atoms with E-state index < -0.39 is 0 Å². The van der Waals surface area contributed by atoms with Crippen LogP contribution in [-0.4, -0.2) is 24.6 Å². The van der Waals surface area contributed by atoms with Crippen molar-refractivity contribution < 1.29 is 0 Å². The molecule has 0 aromatic rings. The Balaban J connectivity index is 1.85. The summed E-state index contributed by atoms with van der Waals surface area (Å²) in [7, 11) is 0. The summed E-state index contributed by atoms with van der Waals surface area (Å²) in [4.78, 5) is 0. The highest BCUT2D eigenvalue weighted by Crippen LogP contribution is 2.11. The van der Waals surface area contributed by atoms with E-state index in [9.17, 15) is 0 Å². The van der Waals surface area contributed by atoms with Crippen molar-refractivity contribution in [1.82, 2.24) is 5.32 Å². The molecule has 1 aliphatic heterocycles. The van der Waals surface area contributed by atoms with E-state index in [1.165, 1.54) is 18.8 Å². The minimum atomic E-state index is 0.940. The van der Waals surface area contributed by atoms with Crippen LogP contribution in [0.5, 0.6) is 0 Å². The molecule has 0 spiro atoms. The lowest BCUT2D eigenvalue weighted by Gasteiger charge is -2.26. The SMILES string of the molecule is C=CCSCC1CNC1. The zero-order valence-corrected chi connectivity index (χ0v) is 6.41. The molecule has 0 aromatic carbocycles. The molecule has 0 atom stereocenters. The molecule has 1 heterocycles. The molecule has 0 bridgehead atoms. The molecule has 1 nitrogen and oxygen atoms in total. The van der Waals surface area contributed by atoms with Crippen molar-refractivity contribution in [3.8, 4) is 0 Å². The first kappa shape index (κ1) is 7.16. The third-order valence-corrected chi connectivity index (χ3v) is 2.63. The third kappa shape index (κ3) is 2.41. The van der Waals surface area contributed by atoms with Gasteiger partial charge in [0.05, 0.1) is 0 Å². The average Bonchev–Trinajstić information content (AvgIpc) is 1.76. The van der Waals surface area contributed by atoms with Crippen LogP contribution in [0.2, 0.25) is 0 Å². The Morgan fingerprint density at radius 3 is 2.89 bits per heavy atom. The van der Waals surface area contributed by atoms with E-state index in [1.54, 1.807) is 0 Å². The Morgan fingerprint density at radius 1 is 1.67 bits per heavy atom. The molecule has 52 valence electrons. The molecule has 2 heteroatoms. The van der Waals surface area contributed by atoms with Crippen molar-refractivity contribution in [2.24, 2.45) is 5.92 Å². The fraction of sp³-hybridized carbons (Fsp3) is 0.714. The fourth-order valence-electron chi connectivity index (χ4n) is 0.784. The zero-order valence-electron chi connectivity index (χ0n) is 5.60. The van der Waals surface area contributed by atoms with Crippen LogP contribution in [0, 0.1) is 5.92 Å². The average molecular weight is 143 g/mol. The van der Waals surface area contributed by atoms with Crippen molar-refractivity contribution in [2.75, 3.05) is 24.6 Å². The van der Waals surface area contributed by atoms with Gasteiger partial charge in [-0.15, -0.1) is 6.58 Å². The topological polar surface area (TPSA) is 12.0 Å². The van der Waals surface area contributed by atoms with Crippen LogP contribution in [0.25, 0.3) is 0 Å². The molecule has 1 fully saturated rings. The van der Waals surface area contributed by atoms with Gasteiger partial charge in [-0.05, 0) is 24.8 Å². The number of thioether (sulfide) groups is 1. The highest BCUT2D eigenvalue weighted by atomic mass is 32.2. The number of hydrogen-bond acceptors (Lipinski definition) is 2. The summed E-state index contributed by atoms with van der Waals surface area (Å²) in [6.45, 7) is 6.12. The lowest BCUT2D eigenvalue weighted by Crippen LogP contribution is -2.43. The van der Waals surface area contributed by atoms with E-state index >= 15 is 0 Å². The number of hydrogen-bond donors (Lipinski definition) is 1. The van der Waals surface area contributed by atoms with Crippen LogP contribution in [0.3, 0.4) is 0 Å². The van der Waals surface area contributed by atoms with Gasteiger partial charge in [0.25, 0.3) is 0 Å². The highest BCUT2D eigenvalue weighted by molar-refractivity contribution is 7.99. The Bertz CT molecular complexity index is 88.9. The van der Waals surface area contributed by atoms with Crippen LogP contribution in [-0.2, 0) is 0 Å². The van der Waals surface area contributed by atoms with Crippen LogP contribution < -0.4 is 5.32 Å². The summed E-state index contributed by atoms with van der Waals surface area (Å²) in [6.07, 6.45) is 1.97. The lowest BCUT2D eigenvalue weighted by atomic mass is 10.1. The van der Waals surface area contributed by atoms with E-state index in [1.807, 2.05) is 17.8 Å². The molecule has 0 unspecified atom stereocenters. The Morgan fingerprint density at radius 2 is 2.44 bits per heavy atom. The minimum Gasteiger partial charge on any atom is -0.316 e. The second kappa shape index (κ2) is 3.96. The fourth-order valence-corrected chi connectivity index (χ4v) is 1.66. The van der Waals surface area contributed by atoms with E-state index in [4.69, 9.17) is 0 Å². The van der Waals surface area contributed by atoms with Gasteiger partial charge in [-0.1, -0.05) is 6.08 Å². The van der Waals surface area contributed by atoms with Crippen LogP contribution >= 0.6 is 11.8 Å². The van der Waals surface area contributed by atoms with Gasteiger partial charge in [0.15, 0.2) is 0 Å². The summed E-state index contributed by atoms with van der Waals surface area (Å²) >= 11 is 1.98. The lowest BCUT2D eigenvalue weighted by molar-refractivity contribution is 0.385. The summed E-state index contributed by atoms with van der Waals surface area (Å²) < 4.78 is 0. The molecule has 1 N–H and O–H groups in total. The zero-order chi connectivity index (χ0) is 6.53. The molecule has 0 amide bonds. The maximum atomic E-state index is 3.66. The van der Waals surface area contributed by atoms with E-state index in [2.05, 4.69) is 11.9 Å². The number of rotatable bonds is 4. The van der Waals surface area contributed by atoms with Gasteiger partial charge in [-0.3, -0.25) is 0 Å². The maximum absolute atomic E-state index is 3.66. The van der Waals surface area contributed by atoms with E-state index in [-0.39, 0.29) is 0 Å². The third-order valence-electron chi connectivity index (χ3n) is 1.46. The molecular weight excluding hydrogens is 130 g/mol. The molecular formula is C7H13NS. The maximum Gasteiger partial charge on any atom is 0.0110 e. The first-order chi connectivity index (χ1) is 4.43. The Hall–Kier alpha value is 0.0500. The molecule has 9 heavy (non-hydrogen) atoms. The minimum absolute atomic E-state index is 0.940. The van der Waals surface area contributed by atoms with Gasteiger partial charge >= 0.3 is 0 Å². The van der Waals surface area contributed by atoms with Crippen molar-refractivity contribution >= 4 is 11.8 Å². The predicted octanol–water partition coefficient (Wildman–Crippen LogP) is 1.12. The van der Waals surface area contributed by atoms with Gasteiger partial charge in [0.1, 0.15) is 0 Å². The summed E-state index contributed by atoms with van der Waals surface area (Å²) in [5.74, 6) is 3.35. The second-order valence-electron chi connectivity index (χ2n) is 2.35. The predicted molar refractivity (Wildman–Crippen MR) is 43.9 cm³/mol. The van der Waals surface area contributed by atoms with Crippen molar-refractivity contribution in [2.45, 2.75) is 0 Å². The Kier molecular flexibility index (Phi) is 3.15. The normalized spacial score (nSPS) is 19.1. The van der Waals surface area contributed by atoms with E-state index in [0.717, 1.165) is 11.7 Å². The molecule has 0 aromatic heterocycles. The Labute approximate surface area is 60.9 Å². The molecule has 0 aliphatic carbocycles. The van der Waals surface area contributed by atoms with Crippen molar-refractivity contribution in [1.29, 1.82) is 0 Å². The number of nitrogens with one attached hydrogen (secondary N) is 1. The standard InChI is InChI=1S/C7H13NS/c1-2-3-9-6-7-4-8-5-7/h2,7-8H,1,3-6H2.